The van der Waals surface area contributed by atoms with Gasteiger partial charge in [0, 0.05) is 24.7 Å². The molecule has 0 saturated carbocycles. The second kappa shape index (κ2) is 5.11. The lowest BCUT2D eigenvalue weighted by Gasteiger charge is -2.12. The Labute approximate surface area is 99.3 Å². The number of hydrogen-bond acceptors (Lipinski definition) is 5. The molecule has 1 atom stereocenters. The zero-order valence-corrected chi connectivity index (χ0v) is 10.1. The second-order valence-electron chi connectivity index (χ2n) is 3.61. The summed E-state index contributed by atoms with van der Waals surface area (Å²) in [6.07, 6.45) is 1.22. The van der Waals surface area contributed by atoms with Crippen molar-refractivity contribution in [1.82, 2.24) is 9.71 Å². The van der Waals surface area contributed by atoms with Crippen LogP contribution in [0.3, 0.4) is 0 Å². The summed E-state index contributed by atoms with van der Waals surface area (Å²) in [5, 5.41) is 0. The van der Waals surface area contributed by atoms with Crippen LogP contribution in [0, 0.1) is 0 Å². The third-order valence-corrected chi connectivity index (χ3v) is 3.51. The Bertz CT molecular complexity index is 515. The topological polar surface area (TPSA) is 128 Å². The normalized spacial score (nSPS) is 13.2. The van der Waals surface area contributed by atoms with Gasteiger partial charge in [0.1, 0.15) is 5.82 Å². The predicted molar refractivity (Wildman–Crippen MR) is 62.2 cm³/mol. The van der Waals surface area contributed by atoms with Crippen molar-refractivity contribution in [2.24, 2.45) is 5.73 Å². The average Bonchev–Trinajstić information content (AvgIpc) is 2.15. The van der Waals surface area contributed by atoms with Crippen molar-refractivity contribution in [3.8, 4) is 0 Å². The summed E-state index contributed by atoms with van der Waals surface area (Å²) in [5.74, 6) is -0.468. The highest BCUT2D eigenvalue weighted by molar-refractivity contribution is 7.89. The van der Waals surface area contributed by atoms with Gasteiger partial charge in [0.05, 0.1) is 4.90 Å². The summed E-state index contributed by atoms with van der Waals surface area (Å²) in [7, 11) is -3.71. The maximum Gasteiger partial charge on any atom is 0.241 e. The van der Waals surface area contributed by atoms with E-state index in [1.54, 1.807) is 6.92 Å². The molecule has 0 fully saturated rings. The third-order valence-electron chi connectivity index (χ3n) is 1.93. The number of nitrogens with one attached hydrogen (secondary N) is 1. The largest absolute Gasteiger partial charge is 0.384 e. The molecule has 0 bridgehead atoms. The number of primary amides is 1. The van der Waals surface area contributed by atoms with Gasteiger partial charge in [-0.15, -0.1) is 0 Å². The third kappa shape index (κ3) is 4.00. The van der Waals surface area contributed by atoms with Gasteiger partial charge in [-0.3, -0.25) is 4.79 Å². The number of rotatable bonds is 5. The quantitative estimate of drug-likeness (QED) is 0.637. The fraction of sp³-hybridized carbons (Fsp3) is 0.333. The Kier molecular flexibility index (Phi) is 4.02. The van der Waals surface area contributed by atoms with Crippen LogP contribution in [-0.4, -0.2) is 25.4 Å². The standard InChI is InChI=1S/C9H14N4O3S/c1-6(4-9(11)14)13-17(15,16)7-2-3-12-8(10)5-7/h2-3,5-6,13H,4H2,1H3,(H2,10,12)(H2,11,14). The number of amides is 1. The van der Waals surface area contributed by atoms with Gasteiger partial charge in [0.2, 0.25) is 15.9 Å². The van der Waals surface area contributed by atoms with E-state index in [9.17, 15) is 13.2 Å². The first-order valence-corrected chi connectivity index (χ1v) is 6.32. The number of nitrogens with zero attached hydrogens (tertiary/aromatic N) is 1. The molecule has 0 aromatic carbocycles. The number of carbonyl (C=O) groups is 1. The monoisotopic (exact) mass is 258 g/mol. The molecule has 0 aliphatic rings. The SMILES string of the molecule is CC(CC(N)=O)NS(=O)(=O)c1ccnc(N)c1. The molecule has 0 spiro atoms. The summed E-state index contributed by atoms with van der Waals surface area (Å²) in [6, 6.07) is 1.97. The summed E-state index contributed by atoms with van der Waals surface area (Å²) < 4.78 is 26.0. The number of hydrogen-bond donors (Lipinski definition) is 3. The van der Waals surface area contributed by atoms with Crippen LogP contribution in [-0.2, 0) is 14.8 Å². The van der Waals surface area contributed by atoms with E-state index >= 15 is 0 Å². The molecule has 0 radical (unpaired) electrons. The van der Waals surface area contributed by atoms with Crippen LogP contribution >= 0.6 is 0 Å². The van der Waals surface area contributed by atoms with E-state index in [2.05, 4.69) is 9.71 Å². The van der Waals surface area contributed by atoms with E-state index in [4.69, 9.17) is 11.5 Å². The molecule has 94 valence electrons. The minimum atomic E-state index is -3.71. The molecular formula is C9H14N4O3S. The molecule has 0 aliphatic heterocycles. The van der Waals surface area contributed by atoms with Crippen molar-refractivity contribution in [1.29, 1.82) is 0 Å². The van der Waals surface area contributed by atoms with E-state index in [0.717, 1.165) is 0 Å². The Morgan fingerprint density at radius 3 is 2.76 bits per heavy atom. The average molecular weight is 258 g/mol. The minimum absolute atomic E-state index is 0.00122. The van der Waals surface area contributed by atoms with Crippen molar-refractivity contribution in [2.45, 2.75) is 24.3 Å². The van der Waals surface area contributed by atoms with Crippen LogP contribution in [0.5, 0.6) is 0 Å². The van der Waals surface area contributed by atoms with E-state index < -0.39 is 22.0 Å². The molecule has 1 rings (SSSR count). The van der Waals surface area contributed by atoms with Crippen molar-refractivity contribution >= 4 is 21.7 Å². The highest BCUT2D eigenvalue weighted by Gasteiger charge is 2.18. The molecule has 1 heterocycles. The maximum absolute atomic E-state index is 11.8. The Hall–Kier alpha value is -1.67. The van der Waals surface area contributed by atoms with Crippen molar-refractivity contribution in [3.63, 3.8) is 0 Å². The van der Waals surface area contributed by atoms with E-state index in [1.165, 1.54) is 18.3 Å². The van der Waals surface area contributed by atoms with Gasteiger partial charge in [0.15, 0.2) is 0 Å². The van der Waals surface area contributed by atoms with Crippen LogP contribution in [0.1, 0.15) is 13.3 Å². The van der Waals surface area contributed by atoms with Gasteiger partial charge in [-0.05, 0) is 13.0 Å². The molecule has 1 unspecified atom stereocenters. The van der Waals surface area contributed by atoms with Gasteiger partial charge in [-0.25, -0.2) is 18.1 Å². The number of nitrogens with two attached hydrogens (primary N) is 2. The fourth-order valence-electron chi connectivity index (χ4n) is 1.27. The van der Waals surface area contributed by atoms with Gasteiger partial charge in [0.25, 0.3) is 0 Å². The highest BCUT2D eigenvalue weighted by Crippen LogP contribution is 2.11. The first kappa shape index (κ1) is 13.4. The lowest BCUT2D eigenvalue weighted by molar-refractivity contribution is -0.118. The molecular weight excluding hydrogens is 244 g/mol. The van der Waals surface area contributed by atoms with Crippen molar-refractivity contribution in [2.75, 3.05) is 5.73 Å². The number of nitrogen functional groups attached to an aromatic ring is 1. The molecule has 1 aromatic heterocycles. The zero-order valence-electron chi connectivity index (χ0n) is 9.25. The number of aromatic nitrogens is 1. The molecule has 1 aromatic rings. The summed E-state index contributed by atoms with van der Waals surface area (Å²) in [6.45, 7) is 1.55. The predicted octanol–water partition coefficient (Wildman–Crippen LogP) is -0.794. The summed E-state index contributed by atoms with van der Waals surface area (Å²) in [5.41, 5.74) is 10.4. The van der Waals surface area contributed by atoms with E-state index in [-0.39, 0.29) is 17.1 Å². The van der Waals surface area contributed by atoms with Crippen LogP contribution in [0.15, 0.2) is 23.2 Å². The smallest absolute Gasteiger partial charge is 0.241 e. The van der Waals surface area contributed by atoms with Gasteiger partial charge < -0.3 is 11.5 Å². The molecule has 8 heteroatoms. The van der Waals surface area contributed by atoms with Gasteiger partial charge >= 0.3 is 0 Å². The lowest BCUT2D eigenvalue weighted by atomic mass is 10.2. The first-order valence-electron chi connectivity index (χ1n) is 4.83. The van der Waals surface area contributed by atoms with E-state index in [0.29, 0.717) is 0 Å². The molecule has 0 saturated heterocycles. The number of pyridine rings is 1. The number of sulfonamides is 1. The lowest BCUT2D eigenvalue weighted by Crippen LogP contribution is -2.35. The first-order chi connectivity index (χ1) is 7.81. The van der Waals surface area contributed by atoms with Gasteiger partial charge in [-0.2, -0.15) is 0 Å². The number of carbonyl (C=O) groups excluding carboxylic acids is 1. The molecule has 5 N–H and O–H groups in total. The Morgan fingerprint density at radius 2 is 2.24 bits per heavy atom. The molecule has 17 heavy (non-hydrogen) atoms. The van der Waals surface area contributed by atoms with Crippen LogP contribution < -0.4 is 16.2 Å². The Balaban J connectivity index is 2.86. The summed E-state index contributed by atoms with van der Waals surface area (Å²) >= 11 is 0. The molecule has 0 aliphatic carbocycles. The highest BCUT2D eigenvalue weighted by atomic mass is 32.2. The zero-order chi connectivity index (χ0) is 13.1. The minimum Gasteiger partial charge on any atom is -0.384 e. The van der Waals surface area contributed by atoms with Gasteiger partial charge in [-0.1, -0.05) is 0 Å². The Morgan fingerprint density at radius 1 is 1.59 bits per heavy atom. The fourth-order valence-corrected chi connectivity index (χ4v) is 2.54. The number of anilines is 1. The molecule has 7 nitrogen and oxygen atoms in total. The maximum atomic E-state index is 11.8. The van der Waals surface area contributed by atoms with E-state index in [1.807, 2.05) is 0 Å². The summed E-state index contributed by atoms with van der Waals surface area (Å²) in [4.78, 5) is 14.3. The second-order valence-corrected chi connectivity index (χ2v) is 5.32. The van der Waals surface area contributed by atoms with Crippen LogP contribution in [0.2, 0.25) is 0 Å². The van der Waals surface area contributed by atoms with Crippen molar-refractivity contribution in [3.05, 3.63) is 18.3 Å². The van der Waals surface area contributed by atoms with Crippen LogP contribution in [0.25, 0.3) is 0 Å². The molecule has 1 amide bonds. The van der Waals surface area contributed by atoms with Crippen molar-refractivity contribution < 1.29 is 13.2 Å². The van der Waals surface area contributed by atoms with Crippen LogP contribution in [0.4, 0.5) is 5.82 Å².